The van der Waals surface area contributed by atoms with Gasteiger partial charge in [-0.15, -0.1) is 0 Å². The van der Waals surface area contributed by atoms with E-state index in [0.29, 0.717) is 5.92 Å². The van der Waals surface area contributed by atoms with Crippen molar-refractivity contribution in [3.05, 3.63) is 0 Å². The van der Waals surface area contributed by atoms with Gasteiger partial charge in [-0.2, -0.15) is 0 Å². The van der Waals surface area contributed by atoms with E-state index >= 15 is 0 Å². The van der Waals surface area contributed by atoms with E-state index < -0.39 is 11.9 Å². The summed E-state index contributed by atoms with van der Waals surface area (Å²) in [5.74, 6) is -1.19. The van der Waals surface area contributed by atoms with E-state index in [2.05, 4.69) is 0 Å². The third-order valence-electron chi connectivity index (χ3n) is 3.16. The first-order valence-electron chi connectivity index (χ1n) is 5.99. The molecule has 0 aromatic heterocycles. The summed E-state index contributed by atoms with van der Waals surface area (Å²) in [6.07, 6.45) is 5.45. The van der Waals surface area contributed by atoms with E-state index in [1.54, 1.807) is 0 Å². The van der Waals surface area contributed by atoms with Crippen LogP contribution >= 0.6 is 0 Å². The maximum atomic E-state index is 11.3. The molecular formula is C12H19NaO4. The van der Waals surface area contributed by atoms with Gasteiger partial charge in [-0.3, -0.25) is 4.79 Å². The van der Waals surface area contributed by atoms with Gasteiger partial charge < -0.3 is 14.6 Å². The third-order valence-corrected chi connectivity index (χ3v) is 3.16. The Morgan fingerprint density at radius 1 is 1.24 bits per heavy atom. The number of hydrogen-bond acceptors (Lipinski definition) is 4. The van der Waals surface area contributed by atoms with Gasteiger partial charge in [0.25, 0.3) is 0 Å². The minimum Gasteiger partial charge on any atom is -0.550 e. The van der Waals surface area contributed by atoms with Gasteiger partial charge in [0.15, 0.2) is 0 Å². The van der Waals surface area contributed by atoms with Gasteiger partial charge >= 0.3 is 35.5 Å². The normalized spacial score (nSPS) is 17.9. The molecule has 17 heavy (non-hydrogen) atoms. The van der Waals surface area contributed by atoms with Crippen LogP contribution in [0.4, 0.5) is 0 Å². The van der Waals surface area contributed by atoms with Gasteiger partial charge in [0.1, 0.15) is 6.10 Å². The van der Waals surface area contributed by atoms with Crippen LogP contribution in [0, 0.1) is 5.92 Å². The fourth-order valence-electron chi connectivity index (χ4n) is 2.17. The molecule has 5 heteroatoms. The number of hydrogen-bond donors (Lipinski definition) is 0. The van der Waals surface area contributed by atoms with Crippen LogP contribution in [0.3, 0.4) is 0 Å². The van der Waals surface area contributed by atoms with Crippen LogP contribution in [-0.4, -0.2) is 18.0 Å². The van der Waals surface area contributed by atoms with E-state index in [4.69, 9.17) is 4.74 Å². The van der Waals surface area contributed by atoms with Crippen LogP contribution < -0.4 is 34.7 Å². The summed E-state index contributed by atoms with van der Waals surface area (Å²) in [5, 5.41) is 10.2. The molecule has 0 amide bonds. The summed E-state index contributed by atoms with van der Waals surface area (Å²) >= 11 is 0. The number of carboxylic acid groups (broad SMARTS) is 1. The van der Waals surface area contributed by atoms with Crippen molar-refractivity contribution < 1.29 is 49.0 Å². The molecule has 4 nitrogen and oxygen atoms in total. The summed E-state index contributed by atoms with van der Waals surface area (Å²) in [6, 6.07) is 0. The Morgan fingerprint density at radius 3 is 2.35 bits per heavy atom. The molecule has 92 valence electrons. The molecule has 0 heterocycles. The first-order chi connectivity index (χ1) is 7.59. The maximum Gasteiger partial charge on any atom is 1.00 e. The van der Waals surface area contributed by atoms with Crippen LogP contribution in [0.25, 0.3) is 0 Å². The van der Waals surface area contributed by atoms with Crippen molar-refractivity contribution in [3.63, 3.8) is 0 Å². The van der Waals surface area contributed by atoms with E-state index in [-0.39, 0.29) is 48.5 Å². The summed E-state index contributed by atoms with van der Waals surface area (Å²) in [7, 11) is 0. The molecule has 1 atom stereocenters. The van der Waals surface area contributed by atoms with Gasteiger partial charge in [0, 0.05) is 5.97 Å². The molecule has 0 aromatic rings. The summed E-state index contributed by atoms with van der Waals surface area (Å²) in [5.41, 5.74) is 0. The summed E-state index contributed by atoms with van der Waals surface area (Å²) in [6.45, 7) is 1.90. The predicted octanol–water partition coefficient (Wildman–Crippen LogP) is -1.97. The Bertz CT molecular complexity index is 249. The topological polar surface area (TPSA) is 66.4 Å². The van der Waals surface area contributed by atoms with E-state index in [1.165, 1.54) is 19.3 Å². The fourth-order valence-corrected chi connectivity index (χ4v) is 2.17. The van der Waals surface area contributed by atoms with Crippen LogP contribution in [0.1, 0.15) is 51.9 Å². The minimum atomic E-state index is -1.21. The third kappa shape index (κ3) is 7.06. The molecule has 0 saturated heterocycles. The van der Waals surface area contributed by atoms with Crippen LogP contribution in [0.2, 0.25) is 0 Å². The van der Waals surface area contributed by atoms with Gasteiger partial charge in [0.2, 0.25) is 0 Å². The molecule has 0 aromatic carbocycles. The molecule has 1 aliphatic carbocycles. The molecule has 0 bridgehead atoms. The molecular weight excluding hydrogens is 231 g/mol. The summed E-state index contributed by atoms with van der Waals surface area (Å²) < 4.78 is 5.21. The molecule has 1 aliphatic rings. The largest absolute Gasteiger partial charge is 1.00 e. The van der Waals surface area contributed by atoms with Gasteiger partial charge in [0.05, 0.1) is 6.42 Å². The minimum absolute atomic E-state index is 0. The van der Waals surface area contributed by atoms with E-state index in [0.717, 1.165) is 12.8 Å². The standard InChI is InChI=1S/C12H20O4.Na/c1-9(10-5-3-2-4-6-10)16-12(15)8-7-11(13)14;/h9-10H,2-8H2,1H3,(H,13,14);/q;+1/p-1. The second kappa shape index (κ2) is 8.95. The van der Waals surface area contributed by atoms with Crippen molar-refractivity contribution in [2.75, 3.05) is 0 Å². The van der Waals surface area contributed by atoms with Crippen molar-refractivity contribution in [3.8, 4) is 0 Å². The van der Waals surface area contributed by atoms with Crippen LogP contribution in [-0.2, 0) is 14.3 Å². The Morgan fingerprint density at radius 2 is 1.82 bits per heavy atom. The maximum absolute atomic E-state index is 11.3. The number of aliphatic carboxylic acids is 1. The van der Waals surface area contributed by atoms with Gasteiger partial charge in [-0.1, -0.05) is 19.3 Å². The number of ether oxygens (including phenoxy) is 1. The molecule has 0 radical (unpaired) electrons. The van der Waals surface area contributed by atoms with Crippen molar-refractivity contribution in [1.29, 1.82) is 0 Å². The Labute approximate surface area is 124 Å². The molecule has 1 saturated carbocycles. The SMILES string of the molecule is CC(OC(=O)CCC(=O)[O-])C1CCCCC1.[Na+]. The zero-order chi connectivity index (χ0) is 12.0. The predicted molar refractivity (Wildman–Crippen MR) is 56.4 cm³/mol. The number of carboxylic acids is 1. The molecule has 0 aliphatic heterocycles. The second-order valence-corrected chi connectivity index (χ2v) is 4.47. The fraction of sp³-hybridized carbons (Fsp3) is 0.833. The summed E-state index contributed by atoms with van der Waals surface area (Å²) in [4.78, 5) is 21.5. The van der Waals surface area contributed by atoms with Crippen LogP contribution in [0.15, 0.2) is 0 Å². The zero-order valence-corrected chi connectivity index (χ0v) is 12.7. The number of rotatable bonds is 5. The molecule has 0 N–H and O–H groups in total. The van der Waals surface area contributed by atoms with Gasteiger partial charge in [-0.25, -0.2) is 0 Å². The number of carbonyl (C=O) groups excluding carboxylic acids is 2. The Hall–Kier alpha value is -0.0600. The van der Waals surface area contributed by atoms with Crippen LogP contribution in [0.5, 0.6) is 0 Å². The average Bonchev–Trinajstić information content (AvgIpc) is 2.27. The molecule has 1 rings (SSSR count). The monoisotopic (exact) mass is 250 g/mol. The van der Waals surface area contributed by atoms with E-state index in [1.807, 2.05) is 6.92 Å². The molecule has 0 spiro atoms. The van der Waals surface area contributed by atoms with Crippen molar-refractivity contribution in [2.24, 2.45) is 5.92 Å². The first kappa shape index (κ1) is 16.9. The smallest absolute Gasteiger partial charge is 0.550 e. The van der Waals surface area contributed by atoms with Gasteiger partial charge in [-0.05, 0) is 32.1 Å². The van der Waals surface area contributed by atoms with Crippen molar-refractivity contribution in [1.82, 2.24) is 0 Å². The Balaban J connectivity index is 0.00000256. The molecule has 1 fully saturated rings. The molecule has 1 unspecified atom stereocenters. The van der Waals surface area contributed by atoms with Crippen molar-refractivity contribution >= 4 is 11.9 Å². The average molecular weight is 250 g/mol. The zero-order valence-electron chi connectivity index (χ0n) is 10.7. The first-order valence-corrected chi connectivity index (χ1v) is 5.99. The van der Waals surface area contributed by atoms with E-state index in [9.17, 15) is 14.7 Å². The number of carbonyl (C=O) groups is 2. The van der Waals surface area contributed by atoms with Crippen molar-refractivity contribution in [2.45, 2.75) is 58.0 Å². The number of esters is 1. The Kier molecular flexibility index (Phi) is 8.92. The quantitative estimate of drug-likeness (QED) is 0.419. The second-order valence-electron chi connectivity index (χ2n) is 4.47.